The van der Waals surface area contributed by atoms with Gasteiger partial charge in [-0.25, -0.2) is 0 Å². The summed E-state index contributed by atoms with van der Waals surface area (Å²) in [7, 11) is 0. The molecular formula is C24H29NO6. The number of ether oxygens (including phenoxy) is 2. The molecule has 0 amide bonds. The molecule has 1 aliphatic carbocycles. The maximum Gasteiger partial charge on any atom is 0.314 e. The van der Waals surface area contributed by atoms with E-state index in [0.29, 0.717) is 24.1 Å². The monoisotopic (exact) mass is 427 g/mol. The van der Waals surface area contributed by atoms with E-state index in [1.807, 2.05) is 12.1 Å². The van der Waals surface area contributed by atoms with Crippen LogP contribution in [0.5, 0.6) is 0 Å². The predicted octanol–water partition coefficient (Wildman–Crippen LogP) is 3.16. The van der Waals surface area contributed by atoms with Crippen LogP contribution in [-0.2, 0) is 40.7 Å². The highest BCUT2D eigenvalue weighted by Crippen LogP contribution is 2.44. The molecular weight excluding hydrogens is 398 g/mol. The number of hydrogen-bond acceptors (Lipinski definition) is 7. The lowest BCUT2D eigenvalue weighted by Crippen LogP contribution is -2.48. The molecule has 31 heavy (non-hydrogen) atoms. The number of rotatable bonds is 5. The van der Waals surface area contributed by atoms with Crippen molar-refractivity contribution in [1.82, 2.24) is 0 Å². The second-order valence-corrected chi connectivity index (χ2v) is 9.43. The van der Waals surface area contributed by atoms with Crippen LogP contribution >= 0.6 is 0 Å². The molecule has 1 saturated carbocycles. The van der Waals surface area contributed by atoms with Gasteiger partial charge in [-0.15, -0.1) is 0 Å². The number of ketones is 2. The van der Waals surface area contributed by atoms with E-state index in [-0.39, 0.29) is 43.2 Å². The van der Waals surface area contributed by atoms with Crippen LogP contribution in [0.1, 0.15) is 75.8 Å². The van der Waals surface area contributed by atoms with E-state index in [1.165, 1.54) is 0 Å². The van der Waals surface area contributed by atoms with Crippen molar-refractivity contribution in [3.63, 3.8) is 0 Å². The average molecular weight is 427 g/mol. The van der Waals surface area contributed by atoms with Gasteiger partial charge in [-0.05, 0) is 50.2 Å². The van der Waals surface area contributed by atoms with Gasteiger partial charge in [-0.2, -0.15) is 0 Å². The largest absolute Gasteiger partial charge is 0.458 e. The summed E-state index contributed by atoms with van der Waals surface area (Å²) in [4.78, 5) is 48.0. The van der Waals surface area contributed by atoms with Crippen LogP contribution in [0.15, 0.2) is 18.2 Å². The van der Waals surface area contributed by atoms with E-state index in [9.17, 15) is 19.2 Å². The third kappa shape index (κ3) is 4.36. The summed E-state index contributed by atoms with van der Waals surface area (Å²) < 4.78 is 11.3. The van der Waals surface area contributed by atoms with Crippen LogP contribution in [0.4, 0.5) is 5.69 Å². The Balaban J connectivity index is 1.53. The van der Waals surface area contributed by atoms with Crippen LogP contribution in [0.25, 0.3) is 0 Å². The highest BCUT2D eigenvalue weighted by Gasteiger charge is 2.47. The van der Waals surface area contributed by atoms with Gasteiger partial charge in [0.15, 0.2) is 0 Å². The van der Waals surface area contributed by atoms with Gasteiger partial charge in [-0.3, -0.25) is 19.2 Å². The number of aryl methyl sites for hydroxylation is 1. The van der Waals surface area contributed by atoms with Gasteiger partial charge >= 0.3 is 11.9 Å². The average Bonchev–Trinajstić information content (AvgIpc) is 3.20. The Labute approximate surface area is 181 Å². The molecule has 3 aliphatic rings. The number of Topliss-reactive ketones (excluding diaryl/α,β-unsaturated/α-hetero) is 2. The second kappa shape index (κ2) is 8.09. The van der Waals surface area contributed by atoms with Crippen molar-refractivity contribution in [1.29, 1.82) is 0 Å². The molecule has 0 bridgehead atoms. The van der Waals surface area contributed by atoms with E-state index < -0.39 is 23.1 Å². The summed E-state index contributed by atoms with van der Waals surface area (Å²) in [6.45, 7) is 1.70. The molecule has 2 unspecified atom stereocenters. The molecule has 2 N–H and O–H groups in total. The van der Waals surface area contributed by atoms with Gasteiger partial charge in [0.2, 0.25) is 0 Å². The first-order valence-corrected chi connectivity index (χ1v) is 11.1. The second-order valence-electron chi connectivity index (χ2n) is 9.43. The molecule has 2 atom stereocenters. The van der Waals surface area contributed by atoms with Crippen LogP contribution in [0.3, 0.4) is 0 Å². The highest BCUT2D eigenvalue weighted by molar-refractivity contribution is 5.99. The molecule has 1 aromatic carbocycles. The fourth-order valence-corrected chi connectivity index (χ4v) is 5.56. The van der Waals surface area contributed by atoms with E-state index in [2.05, 4.69) is 0 Å². The third-order valence-corrected chi connectivity index (χ3v) is 6.99. The molecule has 2 aliphatic heterocycles. The Hall–Kier alpha value is -2.70. The Morgan fingerprint density at radius 3 is 2.23 bits per heavy atom. The minimum absolute atomic E-state index is 0.0466. The molecule has 4 rings (SSSR count). The molecule has 0 spiro atoms. The highest BCUT2D eigenvalue weighted by atomic mass is 16.6. The maximum atomic E-state index is 12.2. The number of nitrogen functional groups attached to an aromatic ring is 1. The Morgan fingerprint density at radius 1 is 0.968 bits per heavy atom. The molecule has 2 heterocycles. The lowest BCUT2D eigenvalue weighted by atomic mass is 9.76. The first-order chi connectivity index (χ1) is 14.7. The molecule has 0 radical (unpaired) electrons. The van der Waals surface area contributed by atoms with Crippen LogP contribution in [0.2, 0.25) is 0 Å². The van der Waals surface area contributed by atoms with Crippen molar-refractivity contribution in [2.45, 2.75) is 82.3 Å². The van der Waals surface area contributed by atoms with Crippen molar-refractivity contribution in [2.75, 3.05) is 5.73 Å². The van der Waals surface area contributed by atoms with Crippen LogP contribution in [0, 0.1) is 5.92 Å². The first-order valence-electron chi connectivity index (χ1n) is 11.1. The Bertz CT molecular complexity index is 898. The lowest BCUT2D eigenvalue weighted by Gasteiger charge is -2.41. The number of nitrogens with two attached hydrogens (primary N) is 1. The number of hydrogen-bond donors (Lipinski definition) is 1. The van der Waals surface area contributed by atoms with Gasteiger partial charge < -0.3 is 15.2 Å². The molecule has 166 valence electrons. The van der Waals surface area contributed by atoms with E-state index in [4.69, 9.17) is 15.2 Å². The van der Waals surface area contributed by atoms with E-state index in [0.717, 1.165) is 31.2 Å². The number of anilines is 1. The minimum Gasteiger partial charge on any atom is -0.458 e. The van der Waals surface area contributed by atoms with Crippen LogP contribution < -0.4 is 5.73 Å². The van der Waals surface area contributed by atoms with Crippen molar-refractivity contribution in [2.24, 2.45) is 5.92 Å². The molecule has 3 fully saturated rings. The summed E-state index contributed by atoms with van der Waals surface area (Å²) in [6, 6.07) is 5.53. The fraction of sp³-hybridized carbons (Fsp3) is 0.583. The van der Waals surface area contributed by atoms with Crippen LogP contribution in [-0.4, -0.2) is 29.1 Å². The lowest BCUT2D eigenvalue weighted by molar-refractivity contribution is -0.178. The topological polar surface area (TPSA) is 113 Å². The predicted molar refractivity (Wildman–Crippen MR) is 112 cm³/mol. The summed E-state index contributed by atoms with van der Waals surface area (Å²) in [5.41, 5.74) is 6.52. The standard InChI is InChI=1S/C24H29NO6/c1-23(13-17(26)11-21(28)30-23)19-7-6-15(10-20(19)25)8-9-24(16-4-2-3-5-16)14-18(27)12-22(29)31-24/h6-7,10,16H,2-5,8-9,11-14,25H2,1H3. The summed E-state index contributed by atoms with van der Waals surface area (Å²) in [5.74, 6) is -0.956. The summed E-state index contributed by atoms with van der Waals surface area (Å²) in [6.07, 6.45) is 5.36. The smallest absolute Gasteiger partial charge is 0.314 e. The number of cyclic esters (lactones) is 2. The van der Waals surface area contributed by atoms with Gasteiger partial charge in [0, 0.05) is 17.7 Å². The zero-order valence-electron chi connectivity index (χ0n) is 17.9. The van der Waals surface area contributed by atoms with Crippen molar-refractivity contribution in [3.8, 4) is 0 Å². The zero-order chi connectivity index (χ0) is 22.2. The maximum absolute atomic E-state index is 12.2. The van der Waals surface area contributed by atoms with Gasteiger partial charge in [0.25, 0.3) is 0 Å². The first kappa shape index (κ1) is 21.5. The van der Waals surface area contributed by atoms with Crippen molar-refractivity contribution in [3.05, 3.63) is 29.3 Å². The van der Waals surface area contributed by atoms with Crippen molar-refractivity contribution < 1.29 is 28.7 Å². The molecule has 0 aromatic heterocycles. The van der Waals surface area contributed by atoms with E-state index in [1.54, 1.807) is 13.0 Å². The quantitative estimate of drug-likeness (QED) is 0.436. The normalized spacial score (nSPS) is 29.7. The molecule has 7 heteroatoms. The minimum atomic E-state index is -1.06. The number of carbonyl (C=O) groups excluding carboxylic acids is 4. The van der Waals surface area contributed by atoms with Crippen molar-refractivity contribution >= 4 is 29.2 Å². The Morgan fingerprint density at radius 2 is 1.61 bits per heavy atom. The third-order valence-electron chi connectivity index (χ3n) is 6.99. The van der Waals surface area contributed by atoms with Gasteiger partial charge in [0.1, 0.15) is 35.6 Å². The molecule has 7 nitrogen and oxygen atoms in total. The fourth-order valence-electron chi connectivity index (χ4n) is 5.56. The zero-order valence-corrected chi connectivity index (χ0v) is 17.9. The SMILES string of the molecule is CC1(c2ccc(CCC3(C4CCCC4)CC(=O)CC(=O)O3)cc2N)CC(=O)CC(=O)O1. The van der Waals surface area contributed by atoms with Gasteiger partial charge in [-0.1, -0.05) is 25.0 Å². The summed E-state index contributed by atoms with van der Waals surface area (Å²) in [5, 5.41) is 0. The number of esters is 2. The molecule has 1 aromatic rings. The summed E-state index contributed by atoms with van der Waals surface area (Å²) >= 11 is 0. The molecule has 2 saturated heterocycles. The number of benzene rings is 1. The van der Waals surface area contributed by atoms with E-state index >= 15 is 0 Å². The van der Waals surface area contributed by atoms with Gasteiger partial charge in [0.05, 0.1) is 6.42 Å². The Kier molecular flexibility index (Phi) is 5.62. The number of carbonyl (C=O) groups is 4.